The van der Waals surface area contributed by atoms with Crippen molar-refractivity contribution in [3.05, 3.63) is 57.9 Å². The molecule has 0 spiro atoms. The second-order valence-corrected chi connectivity index (χ2v) is 6.31. The molecule has 1 aliphatic rings. The van der Waals surface area contributed by atoms with E-state index in [0.717, 1.165) is 18.4 Å². The van der Waals surface area contributed by atoms with Crippen molar-refractivity contribution in [2.24, 2.45) is 7.05 Å². The highest BCUT2D eigenvalue weighted by molar-refractivity contribution is 5.98. The van der Waals surface area contributed by atoms with E-state index in [1.807, 2.05) is 0 Å². The summed E-state index contributed by atoms with van der Waals surface area (Å²) in [7, 11) is 1.72. The quantitative estimate of drug-likeness (QED) is 0.875. The highest BCUT2D eigenvalue weighted by Gasteiger charge is 2.46. The van der Waals surface area contributed by atoms with Gasteiger partial charge in [-0.1, -0.05) is 6.07 Å². The highest BCUT2D eigenvalue weighted by atomic mass is 19.2. The lowest BCUT2D eigenvalue weighted by Crippen LogP contribution is -2.36. The molecule has 0 bridgehead atoms. The van der Waals surface area contributed by atoms with E-state index in [4.69, 9.17) is 0 Å². The number of carbonyl (C=O) groups excluding carboxylic acids is 2. The molecular formula is C18H18F2N2O2. The van der Waals surface area contributed by atoms with Gasteiger partial charge in [-0.05, 0) is 49.9 Å². The minimum Gasteiger partial charge on any atom is -0.343 e. The smallest absolute Gasteiger partial charge is 0.268 e. The van der Waals surface area contributed by atoms with Gasteiger partial charge in [0.2, 0.25) is 0 Å². The van der Waals surface area contributed by atoms with Crippen molar-refractivity contribution in [2.45, 2.75) is 32.2 Å². The lowest BCUT2D eigenvalue weighted by Gasteiger charge is -2.19. The molecule has 0 saturated heterocycles. The van der Waals surface area contributed by atoms with Crippen molar-refractivity contribution in [3.63, 3.8) is 0 Å². The lowest BCUT2D eigenvalue weighted by molar-refractivity contribution is 0.0921. The predicted molar refractivity (Wildman–Crippen MR) is 85.0 cm³/mol. The number of rotatable bonds is 4. The van der Waals surface area contributed by atoms with Gasteiger partial charge in [0.25, 0.3) is 5.91 Å². The Hall–Kier alpha value is -2.50. The van der Waals surface area contributed by atoms with E-state index in [9.17, 15) is 18.4 Å². The first-order valence-corrected chi connectivity index (χ1v) is 7.70. The van der Waals surface area contributed by atoms with Crippen molar-refractivity contribution < 1.29 is 18.4 Å². The number of aldehydes is 1. The molecule has 2 aromatic rings. The maximum absolute atomic E-state index is 13.5. The summed E-state index contributed by atoms with van der Waals surface area (Å²) in [6.07, 6.45) is 2.06. The zero-order chi connectivity index (χ0) is 17.6. The fraction of sp³-hybridized carbons (Fsp3) is 0.333. The van der Waals surface area contributed by atoms with E-state index in [-0.39, 0.29) is 5.91 Å². The first-order valence-electron chi connectivity index (χ1n) is 7.70. The van der Waals surface area contributed by atoms with Gasteiger partial charge in [-0.2, -0.15) is 0 Å². The van der Waals surface area contributed by atoms with E-state index in [1.165, 1.54) is 6.07 Å². The van der Waals surface area contributed by atoms with Crippen LogP contribution in [0.3, 0.4) is 0 Å². The Morgan fingerprint density at radius 2 is 1.92 bits per heavy atom. The Morgan fingerprint density at radius 3 is 2.42 bits per heavy atom. The van der Waals surface area contributed by atoms with Crippen LogP contribution in [0, 0.1) is 25.5 Å². The van der Waals surface area contributed by atoms with Crippen LogP contribution in [0.2, 0.25) is 0 Å². The van der Waals surface area contributed by atoms with Crippen molar-refractivity contribution in [2.75, 3.05) is 0 Å². The summed E-state index contributed by atoms with van der Waals surface area (Å²) in [6.45, 7) is 3.50. The average molecular weight is 332 g/mol. The zero-order valence-corrected chi connectivity index (χ0v) is 13.7. The van der Waals surface area contributed by atoms with Crippen molar-refractivity contribution in [1.29, 1.82) is 0 Å². The Labute approximate surface area is 138 Å². The van der Waals surface area contributed by atoms with Crippen LogP contribution in [0.4, 0.5) is 8.78 Å². The molecule has 1 fully saturated rings. The Kier molecular flexibility index (Phi) is 3.78. The van der Waals surface area contributed by atoms with Crippen LogP contribution in [-0.2, 0) is 12.6 Å². The zero-order valence-electron chi connectivity index (χ0n) is 13.7. The van der Waals surface area contributed by atoms with E-state index >= 15 is 0 Å². The van der Waals surface area contributed by atoms with Gasteiger partial charge in [-0.15, -0.1) is 0 Å². The Morgan fingerprint density at radius 1 is 1.25 bits per heavy atom. The van der Waals surface area contributed by atoms with Gasteiger partial charge in [-0.3, -0.25) is 9.59 Å². The van der Waals surface area contributed by atoms with Crippen LogP contribution in [0.5, 0.6) is 0 Å². The first kappa shape index (κ1) is 16.4. The largest absolute Gasteiger partial charge is 0.343 e. The van der Waals surface area contributed by atoms with Crippen LogP contribution in [0.25, 0.3) is 0 Å². The Bertz CT molecular complexity index is 851. The lowest BCUT2D eigenvalue weighted by atomic mass is 10.0. The molecule has 1 amide bonds. The number of aromatic nitrogens is 1. The predicted octanol–water partition coefficient (Wildman–Crippen LogP) is 3.15. The standard InChI is InChI=1S/C18H18F2N2O2/c1-10-13(9-23)11(2)22(3)16(10)17(24)21-18(6-7-18)12-4-5-14(19)15(20)8-12/h4-5,8-9H,6-7H2,1-3H3,(H,21,24). The number of carbonyl (C=O) groups is 2. The van der Waals surface area contributed by atoms with Gasteiger partial charge in [0.1, 0.15) is 5.69 Å². The van der Waals surface area contributed by atoms with E-state index in [0.29, 0.717) is 40.9 Å². The van der Waals surface area contributed by atoms with Gasteiger partial charge < -0.3 is 9.88 Å². The summed E-state index contributed by atoms with van der Waals surface area (Å²) in [5.41, 5.74) is 2.11. The van der Waals surface area contributed by atoms with Crippen LogP contribution >= 0.6 is 0 Å². The summed E-state index contributed by atoms with van der Waals surface area (Å²) >= 11 is 0. The number of nitrogens with one attached hydrogen (secondary N) is 1. The third-order valence-electron chi connectivity index (χ3n) is 4.90. The van der Waals surface area contributed by atoms with Gasteiger partial charge in [0.15, 0.2) is 17.9 Å². The van der Waals surface area contributed by atoms with E-state index in [2.05, 4.69) is 5.32 Å². The van der Waals surface area contributed by atoms with Crippen molar-refractivity contribution >= 4 is 12.2 Å². The molecule has 1 aliphatic carbocycles. The molecule has 1 heterocycles. The molecule has 0 aliphatic heterocycles. The number of nitrogens with zero attached hydrogens (tertiary/aromatic N) is 1. The summed E-state index contributed by atoms with van der Waals surface area (Å²) in [5.74, 6) is -2.17. The Balaban J connectivity index is 1.93. The summed E-state index contributed by atoms with van der Waals surface area (Å²) in [4.78, 5) is 23.9. The summed E-state index contributed by atoms with van der Waals surface area (Å²) < 4.78 is 28.3. The minimum absolute atomic E-state index is 0.326. The third kappa shape index (κ3) is 2.42. The maximum Gasteiger partial charge on any atom is 0.268 e. The molecule has 126 valence electrons. The van der Waals surface area contributed by atoms with Crippen LogP contribution < -0.4 is 5.32 Å². The molecule has 0 radical (unpaired) electrons. The van der Waals surface area contributed by atoms with Gasteiger partial charge in [-0.25, -0.2) is 8.78 Å². The second-order valence-electron chi connectivity index (χ2n) is 6.31. The molecule has 1 saturated carbocycles. The molecule has 24 heavy (non-hydrogen) atoms. The summed E-state index contributed by atoms with van der Waals surface area (Å²) in [6, 6.07) is 3.69. The van der Waals surface area contributed by atoms with Gasteiger partial charge in [0, 0.05) is 18.3 Å². The fourth-order valence-corrected chi connectivity index (χ4v) is 3.18. The minimum atomic E-state index is -0.929. The molecule has 1 N–H and O–H groups in total. The molecule has 0 unspecified atom stereocenters. The topological polar surface area (TPSA) is 51.1 Å². The normalized spacial score (nSPS) is 15.2. The van der Waals surface area contributed by atoms with Crippen LogP contribution in [-0.4, -0.2) is 16.8 Å². The molecule has 1 aromatic carbocycles. The fourth-order valence-electron chi connectivity index (χ4n) is 3.18. The average Bonchev–Trinajstić information content (AvgIpc) is 3.26. The second kappa shape index (κ2) is 5.54. The van der Waals surface area contributed by atoms with Gasteiger partial charge in [0.05, 0.1) is 5.54 Å². The van der Waals surface area contributed by atoms with E-state index < -0.39 is 17.2 Å². The maximum atomic E-state index is 13.5. The molecule has 1 aromatic heterocycles. The molecule has 4 nitrogen and oxygen atoms in total. The van der Waals surface area contributed by atoms with Crippen molar-refractivity contribution in [3.8, 4) is 0 Å². The molecule has 3 rings (SSSR count). The monoisotopic (exact) mass is 332 g/mol. The number of amides is 1. The van der Waals surface area contributed by atoms with Gasteiger partial charge >= 0.3 is 0 Å². The van der Waals surface area contributed by atoms with Crippen LogP contribution in [0.1, 0.15) is 50.5 Å². The third-order valence-corrected chi connectivity index (χ3v) is 4.90. The molecule has 0 atom stereocenters. The number of benzene rings is 1. The first-order chi connectivity index (χ1) is 11.3. The SMILES string of the molecule is Cc1c(C=O)c(C)n(C)c1C(=O)NC1(c2ccc(F)c(F)c2)CC1. The number of hydrogen-bond acceptors (Lipinski definition) is 2. The molecule has 6 heteroatoms. The highest BCUT2D eigenvalue weighted by Crippen LogP contribution is 2.46. The number of halogens is 2. The summed E-state index contributed by atoms with van der Waals surface area (Å²) in [5, 5.41) is 2.93. The molecular weight excluding hydrogens is 314 g/mol. The van der Waals surface area contributed by atoms with Crippen LogP contribution in [0.15, 0.2) is 18.2 Å². The number of hydrogen-bond donors (Lipinski definition) is 1. The van der Waals surface area contributed by atoms with Crippen molar-refractivity contribution in [1.82, 2.24) is 9.88 Å². The van der Waals surface area contributed by atoms with E-state index in [1.54, 1.807) is 25.5 Å².